The molecule has 0 saturated heterocycles. The lowest BCUT2D eigenvalue weighted by Crippen LogP contribution is -2.25. The molecule has 2 aromatic heterocycles. The van der Waals surface area contributed by atoms with E-state index in [1.165, 1.54) is 17.7 Å². The third-order valence-electron chi connectivity index (χ3n) is 3.73. The van der Waals surface area contributed by atoms with Gasteiger partial charge in [-0.1, -0.05) is 18.2 Å². The molecule has 0 bridgehead atoms. The summed E-state index contributed by atoms with van der Waals surface area (Å²) < 4.78 is 4.96. The van der Waals surface area contributed by atoms with Gasteiger partial charge in [-0.2, -0.15) is 0 Å². The molecule has 3 rings (SSSR count). The van der Waals surface area contributed by atoms with Crippen LogP contribution in [-0.2, 0) is 6.42 Å². The monoisotopic (exact) mass is 312 g/mol. The van der Waals surface area contributed by atoms with Gasteiger partial charge in [0, 0.05) is 23.6 Å². The Bertz CT molecular complexity index is 876. The van der Waals surface area contributed by atoms with E-state index < -0.39 is 11.9 Å². The largest absolute Gasteiger partial charge is 0.475 e. The molecule has 1 amide bonds. The quantitative estimate of drug-likeness (QED) is 0.675. The summed E-state index contributed by atoms with van der Waals surface area (Å²) in [5.74, 6) is -1.87. The summed E-state index contributed by atoms with van der Waals surface area (Å²) in [5, 5.41) is 12.6. The van der Waals surface area contributed by atoms with Crippen LogP contribution in [0, 0.1) is 6.92 Å². The lowest BCUT2D eigenvalue weighted by Gasteiger charge is -2.03. The molecule has 0 spiro atoms. The van der Waals surface area contributed by atoms with Gasteiger partial charge in [-0.05, 0) is 36.6 Å². The lowest BCUT2D eigenvalue weighted by molar-refractivity contribution is 0.0659. The van der Waals surface area contributed by atoms with E-state index in [1.54, 1.807) is 0 Å². The molecule has 3 aromatic rings. The number of aromatic carboxylic acids is 1. The number of furan rings is 1. The van der Waals surface area contributed by atoms with Crippen LogP contribution in [0.3, 0.4) is 0 Å². The summed E-state index contributed by atoms with van der Waals surface area (Å²) in [6, 6.07) is 8.71. The number of fused-ring (bicyclic) bond motifs is 1. The van der Waals surface area contributed by atoms with Crippen LogP contribution >= 0.6 is 0 Å². The molecule has 23 heavy (non-hydrogen) atoms. The first-order valence-electron chi connectivity index (χ1n) is 7.23. The van der Waals surface area contributed by atoms with Crippen molar-refractivity contribution in [3.8, 4) is 0 Å². The zero-order valence-corrected chi connectivity index (χ0v) is 12.6. The molecule has 2 heterocycles. The van der Waals surface area contributed by atoms with Crippen molar-refractivity contribution in [1.82, 2.24) is 10.3 Å². The van der Waals surface area contributed by atoms with Gasteiger partial charge in [0.05, 0.1) is 0 Å². The number of benzene rings is 1. The normalized spacial score (nSPS) is 10.8. The maximum absolute atomic E-state index is 11.9. The highest BCUT2D eigenvalue weighted by atomic mass is 16.4. The highest BCUT2D eigenvalue weighted by Crippen LogP contribution is 2.21. The number of amides is 1. The number of carboxylic acid groups (broad SMARTS) is 1. The van der Waals surface area contributed by atoms with Crippen molar-refractivity contribution < 1.29 is 19.1 Å². The zero-order valence-electron chi connectivity index (χ0n) is 12.6. The predicted molar refractivity (Wildman–Crippen MR) is 84.7 cm³/mol. The minimum absolute atomic E-state index is 0.00262. The third kappa shape index (κ3) is 2.96. The Morgan fingerprint density at radius 1 is 1.22 bits per heavy atom. The standard InChI is InChI=1S/C17H16N2O4/c1-10-3-2-4-12-11(9-19-15(10)12)7-8-18-16(20)13-5-6-14(23-13)17(21)22/h2-6,9,19H,7-8H2,1H3,(H,18,20)(H,21,22). The van der Waals surface area contributed by atoms with Crippen molar-refractivity contribution in [2.45, 2.75) is 13.3 Å². The number of carboxylic acids is 1. The van der Waals surface area contributed by atoms with Gasteiger partial charge in [-0.3, -0.25) is 4.79 Å². The first-order chi connectivity index (χ1) is 11.1. The molecule has 118 valence electrons. The number of H-pyrrole nitrogens is 1. The van der Waals surface area contributed by atoms with Gasteiger partial charge in [0.2, 0.25) is 5.76 Å². The van der Waals surface area contributed by atoms with Crippen LogP contribution in [0.15, 0.2) is 40.9 Å². The summed E-state index contributed by atoms with van der Waals surface area (Å²) in [4.78, 5) is 25.9. The number of nitrogens with one attached hydrogen (secondary N) is 2. The van der Waals surface area contributed by atoms with E-state index in [0.717, 1.165) is 16.5 Å². The minimum Gasteiger partial charge on any atom is -0.475 e. The molecule has 0 saturated carbocycles. The Balaban J connectivity index is 1.63. The van der Waals surface area contributed by atoms with E-state index in [2.05, 4.69) is 10.3 Å². The van der Waals surface area contributed by atoms with Gasteiger partial charge in [-0.25, -0.2) is 4.79 Å². The summed E-state index contributed by atoms with van der Waals surface area (Å²) in [6.07, 6.45) is 2.61. The molecule has 0 aliphatic rings. The van der Waals surface area contributed by atoms with E-state index in [-0.39, 0.29) is 11.5 Å². The SMILES string of the molecule is Cc1cccc2c(CCNC(=O)c3ccc(C(=O)O)o3)c[nH]c12. The lowest BCUT2D eigenvalue weighted by atomic mass is 10.1. The van der Waals surface area contributed by atoms with Crippen LogP contribution in [0.1, 0.15) is 32.2 Å². The molecule has 1 aromatic carbocycles. The number of aromatic nitrogens is 1. The van der Waals surface area contributed by atoms with Gasteiger partial charge >= 0.3 is 5.97 Å². The molecule has 0 atom stereocenters. The third-order valence-corrected chi connectivity index (χ3v) is 3.73. The molecule has 3 N–H and O–H groups in total. The van der Waals surface area contributed by atoms with Gasteiger partial charge in [-0.15, -0.1) is 0 Å². The first-order valence-corrected chi connectivity index (χ1v) is 7.23. The van der Waals surface area contributed by atoms with Crippen LogP contribution in [0.4, 0.5) is 0 Å². The zero-order chi connectivity index (χ0) is 16.4. The fourth-order valence-corrected chi connectivity index (χ4v) is 2.54. The Morgan fingerprint density at radius 3 is 2.74 bits per heavy atom. The molecule has 0 unspecified atom stereocenters. The van der Waals surface area contributed by atoms with E-state index in [0.29, 0.717) is 13.0 Å². The highest BCUT2D eigenvalue weighted by molar-refractivity contribution is 5.93. The maximum Gasteiger partial charge on any atom is 0.371 e. The number of carbonyl (C=O) groups is 2. The molecule has 0 aliphatic heterocycles. The van der Waals surface area contributed by atoms with Crippen LogP contribution in [0.25, 0.3) is 10.9 Å². The van der Waals surface area contributed by atoms with Crippen LogP contribution in [0.2, 0.25) is 0 Å². The van der Waals surface area contributed by atoms with Crippen LogP contribution < -0.4 is 5.32 Å². The topological polar surface area (TPSA) is 95.3 Å². The molecular formula is C17H16N2O4. The number of hydrogen-bond donors (Lipinski definition) is 3. The molecule has 0 fully saturated rings. The average molecular weight is 312 g/mol. The molecule has 0 aliphatic carbocycles. The Morgan fingerprint density at radius 2 is 2.00 bits per heavy atom. The summed E-state index contributed by atoms with van der Waals surface area (Å²) in [7, 11) is 0. The van der Waals surface area contributed by atoms with Crippen molar-refractivity contribution in [3.63, 3.8) is 0 Å². The number of para-hydroxylation sites is 1. The summed E-state index contributed by atoms with van der Waals surface area (Å²) in [6.45, 7) is 2.48. The van der Waals surface area contributed by atoms with E-state index in [4.69, 9.17) is 9.52 Å². The minimum atomic E-state index is -1.20. The highest BCUT2D eigenvalue weighted by Gasteiger charge is 2.14. The summed E-state index contributed by atoms with van der Waals surface area (Å²) in [5.41, 5.74) is 3.40. The fourth-order valence-electron chi connectivity index (χ4n) is 2.54. The van der Waals surface area contributed by atoms with Crippen LogP contribution in [0.5, 0.6) is 0 Å². The Kier molecular flexibility index (Phi) is 3.89. The van der Waals surface area contributed by atoms with Crippen molar-refractivity contribution >= 4 is 22.8 Å². The van der Waals surface area contributed by atoms with Crippen molar-refractivity contribution in [2.75, 3.05) is 6.54 Å². The van der Waals surface area contributed by atoms with Gasteiger partial charge in [0.1, 0.15) is 0 Å². The second-order valence-corrected chi connectivity index (χ2v) is 5.29. The van der Waals surface area contributed by atoms with Gasteiger partial charge < -0.3 is 19.8 Å². The van der Waals surface area contributed by atoms with E-state index >= 15 is 0 Å². The fraction of sp³-hybridized carbons (Fsp3) is 0.176. The van der Waals surface area contributed by atoms with Gasteiger partial charge in [0.15, 0.2) is 5.76 Å². The number of aromatic amines is 1. The number of rotatable bonds is 5. The Labute approximate surface area is 132 Å². The molecule has 6 heteroatoms. The average Bonchev–Trinajstić information content (AvgIpc) is 3.15. The van der Waals surface area contributed by atoms with Gasteiger partial charge in [0.25, 0.3) is 5.91 Å². The molecular weight excluding hydrogens is 296 g/mol. The smallest absolute Gasteiger partial charge is 0.371 e. The van der Waals surface area contributed by atoms with Crippen LogP contribution in [-0.4, -0.2) is 28.5 Å². The van der Waals surface area contributed by atoms with Crippen molar-refractivity contribution in [1.29, 1.82) is 0 Å². The Hall–Kier alpha value is -3.02. The van der Waals surface area contributed by atoms with E-state index in [1.807, 2.05) is 31.3 Å². The van der Waals surface area contributed by atoms with Crippen molar-refractivity contribution in [2.24, 2.45) is 0 Å². The van der Waals surface area contributed by atoms with E-state index in [9.17, 15) is 9.59 Å². The number of carbonyl (C=O) groups excluding carboxylic acids is 1. The number of hydrogen-bond acceptors (Lipinski definition) is 3. The second-order valence-electron chi connectivity index (χ2n) is 5.29. The molecule has 0 radical (unpaired) electrons. The molecule has 6 nitrogen and oxygen atoms in total. The predicted octanol–water partition coefficient (Wildman–Crippen LogP) is 2.74. The summed E-state index contributed by atoms with van der Waals surface area (Å²) >= 11 is 0. The van der Waals surface area contributed by atoms with Crippen molar-refractivity contribution in [3.05, 3.63) is 59.2 Å². The first kappa shape index (κ1) is 14.9. The second kappa shape index (κ2) is 6.00. The maximum atomic E-state index is 11.9. The number of aryl methyl sites for hydroxylation is 1.